The minimum atomic E-state index is -4.15. The second-order valence-corrected chi connectivity index (χ2v) is 13.7. The van der Waals surface area contributed by atoms with Gasteiger partial charge < -0.3 is 20.0 Å². The van der Waals surface area contributed by atoms with Crippen molar-refractivity contribution in [1.29, 1.82) is 0 Å². The minimum Gasteiger partial charge on any atom is -0.387 e. The molecule has 14 heteroatoms. The summed E-state index contributed by atoms with van der Waals surface area (Å²) in [7, 11) is 0. The van der Waals surface area contributed by atoms with Gasteiger partial charge in [0.15, 0.2) is 5.60 Å². The molecule has 0 bridgehead atoms. The van der Waals surface area contributed by atoms with Gasteiger partial charge in [0.25, 0.3) is 0 Å². The molecule has 50 heavy (non-hydrogen) atoms. The van der Waals surface area contributed by atoms with E-state index in [1.165, 1.54) is 12.3 Å². The van der Waals surface area contributed by atoms with Gasteiger partial charge in [-0.25, -0.2) is 13.5 Å². The molecular weight excluding hydrogens is 652 g/mol. The number of tetrazole rings is 1. The number of aliphatic hydroxyl groups is 2. The molecule has 4 heterocycles. The van der Waals surface area contributed by atoms with Crippen LogP contribution < -0.4 is 9.80 Å². The zero-order valence-electron chi connectivity index (χ0n) is 27.9. The Balaban J connectivity index is 1.12. The Hall–Kier alpha value is -4.95. The van der Waals surface area contributed by atoms with Crippen LogP contribution in [-0.2, 0) is 18.1 Å². The fourth-order valence-corrected chi connectivity index (χ4v) is 6.18. The Morgan fingerprint density at radius 2 is 1.46 bits per heavy atom. The van der Waals surface area contributed by atoms with E-state index in [1.807, 2.05) is 42.6 Å². The zero-order chi connectivity index (χ0) is 35.7. The molecule has 262 valence electrons. The molecule has 1 aliphatic heterocycles. The van der Waals surface area contributed by atoms with E-state index < -0.39 is 47.1 Å². The number of pyridine rings is 2. The van der Waals surface area contributed by atoms with Crippen LogP contribution in [0.15, 0.2) is 85.5 Å². The topological polar surface area (TPSA) is 116 Å². The van der Waals surface area contributed by atoms with Crippen LogP contribution in [0.25, 0.3) is 11.1 Å². The molecular formula is C36H38F4N8O2. The Morgan fingerprint density at radius 1 is 0.800 bits per heavy atom. The molecule has 1 aliphatic rings. The molecule has 0 aliphatic carbocycles. The van der Waals surface area contributed by atoms with Gasteiger partial charge in [0.2, 0.25) is 0 Å². The van der Waals surface area contributed by atoms with Gasteiger partial charge >= 0.3 is 5.92 Å². The Kier molecular flexibility index (Phi) is 9.60. The normalized spacial score (nSPS) is 15.9. The second-order valence-electron chi connectivity index (χ2n) is 13.7. The molecule has 1 unspecified atom stereocenters. The monoisotopic (exact) mass is 690 g/mol. The van der Waals surface area contributed by atoms with Crippen LogP contribution in [0.1, 0.15) is 50.2 Å². The van der Waals surface area contributed by atoms with E-state index >= 15 is 8.78 Å². The summed E-state index contributed by atoms with van der Waals surface area (Å²) in [4.78, 5) is 13.0. The Bertz CT molecular complexity index is 1880. The number of piperazine rings is 1. The maximum absolute atomic E-state index is 16.1. The first-order chi connectivity index (χ1) is 23.7. The Labute approximate surface area is 287 Å². The van der Waals surface area contributed by atoms with E-state index in [2.05, 4.69) is 56.1 Å². The summed E-state index contributed by atoms with van der Waals surface area (Å²) >= 11 is 0. The SMILES string of the molecule is CC(C)(C)CC(O)c1ccc(N2CCN(c3ccc(-c4ccc(C(F)(F)[C@](O)(Cn5cnnn5)c5ccc(F)cc5F)nc4)cc3)CC2)cn1. The van der Waals surface area contributed by atoms with Gasteiger partial charge in [0.05, 0.1) is 30.2 Å². The van der Waals surface area contributed by atoms with E-state index in [-0.39, 0.29) is 5.41 Å². The summed E-state index contributed by atoms with van der Waals surface area (Å²) in [6, 6.07) is 16.1. The van der Waals surface area contributed by atoms with Gasteiger partial charge in [-0.1, -0.05) is 39.0 Å². The fraction of sp³-hybridized carbons (Fsp3) is 0.361. The molecule has 0 radical (unpaired) electrons. The number of alkyl halides is 2. The van der Waals surface area contributed by atoms with Crippen LogP contribution in [0.3, 0.4) is 0 Å². The highest BCUT2D eigenvalue weighted by molar-refractivity contribution is 5.66. The number of hydrogen-bond donors (Lipinski definition) is 2. The second kappa shape index (κ2) is 13.8. The van der Waals surface area contributed by atoms with Crippen molar-refractivity contribution in [1.82, 2.24) is 30.2 Å². The number of nitrogens with zero attached hydrogens (tertiary/aromatic N) is 8. The molecule has 0 spiro atoms. The number of halogens is 4. The lowest BCUT2D eigenvalue weighted by molar-refractivity contribution is -0.207. The first-order valence-electron chi connectivity index (χ1n) is 16.2. The molecule has 5 aromatic rings. The quantitative estimate of drug-likeness (QED) is 0.173. The highest BCUT2D eigenvalue weighted by Gasteiger charge is 2.58. The standard InChI is InChI=1S/C36H38F4N8O2/c1-34(2,3)19-32(49)31-12-10-28(21-41-31)47-16-14-46(15-17-47)27-8-4-24(5-9-27)25-6-13-33(42-20-25)36(39,40)35(50,22-48-23-43-44-45-48)29-11-7-26(37)18-30(29)38/h4-13,18,20-21,23,32,49-50H,14-17,19,22H2,1-3H3/t32?,35-/m0/s1. The van der Waals surface area contributed by atoms with Crippen LogP contribution in [0.2, 0.25) is 0 Å². The largest absolute Gasteiger partial charge is 0.387 e. The Morgan fingerprint density at radius 3 is 2.02 bits per heavy atom. The average Bonchev–Trinajstić information content (AvgIpc) is 3.60. The molecule has 3 aromatic heterocycles. The van der Waals surface area contributed by atoms with Gasteiger partial charge in [-0.2, -0.15) is 8.78 Å². The maximum atomic E-state index is 16.1. The van der Waals surface area contributed by atoms with Gasteiger partial charge in [-0.3, -0.25) is 9.97 Å². The van der Waals surface area contributed by atoms with Crippen molar-refractivity contribution < 1.29 is 27.8 Å². The number of aliphatic hydroxyl groups excluding tert-OH is 1. The number of benzene rings is 2. The lowest BCUT2D eigenvalue weighted by atomic mass is 9.84. The van der Waals surface area contributed by atoms with Gasteiger partial charge in [0.1, 0.15) is 23.7 Å². The van der Waals surface area contributed by atoms with Gasteiger partial charge in [-0.05, 0) is 70.3 Å². The van der Waals surface area contributed by atoms with E-state index in [9.17, 15) is 19.0 Å². The smallest absolute Gasteiger partial charge is 0.323 e. The average molecular weight is 691 g/mol. The fourth-order valence-electron chi connectivity index (χ4n) is 6.18. The molecule has 2 N–H and O–H groups in total. The van der Waals surface area contributed by atoms with Crippen LogP contribution >= 0.6 is 0 Å². The summed E-state index contributed by atoms with van der Waals surface area (Å²) in [5, 5.41) is 32.3. The molecule has 0 saturated carbocycles. The highest BCUT2D eigenvalue weighted by Crippen LogP contribution is 2.47. The number of aromatic nitrogens is 6. The van der Waals surface area contributed by atoms with Crippen molar-refractivity contribution in [3.8, 4) is 11.1 Å². The summed E-state index contributed by atoms with van der Waals surface area (Å²) < 4.78 is 61.5. The van der Waals surface area contributed by atoms with Crippen molar-refractivity contribution in [3.05, 3.63) is 114 Å². The van der Waals surface area contributed by atoms with Crippen molar-refractivity contribution >= 4 is 11.4 Å². The molecule has 0 amide bonds. The van der Waals surface area contributed by atoms with Crippen molar-refractivity contribution in [3.63, 3.8) is 0 Å². The van der Waals surface area contributed by atoms with Gasteiger partial charge in [0, 0.05) is 55.3 Å². The van der Waals surface area contributed by atoms with Crippen molar-refractivity contribution in [2.24, 2.45) is 5.41 Å². The predicted molar refractivity (Wildman–Crippen MR) is 179 cm³/mol. The van der Waals surface area contributed by atoms with Crippen molar-refractivity contribution in [2.45, 2.75) is 51.4 Å². The summed E-state index contributed by atoms with van der Waals surface area (Å²) in [5.41, 5.74) is -0.885. The molecule has 2 atom stereocenters. The highest BCUT2D eigenvalue weighted by atomic mass is 19.3. The third-order valence-corrected chi connectivity index (χ3v) is 8.89. The van der Waals surface area contributed by atoms with E-state index in [0.29, 0.717) is 23.7 Å². The predicted octanol–water partition coefficient (Wildman–Crippen LogP) is 5.88. The summed E-state index contributed by atoms with van der Waals surface area (Å²) in [6.07, 6.45) is 4.10. The van der Waals surface area contributed by atoms with Crippen LogP contribution in [0, 0.1) is 17.0 Å². The molecule has 6 rings (SSSR count). The number of rotatable bonds is 10. The first kappa shape index (κ1) is 34.9. The minimum absolute atomic E-state index is 0.00374. The zero-order valence-corrected chi connectivity index (χ0v) is 27.9. The maximum Gasteiger partial charge on any atom is 0.323 e. The summed E-state index contributed by atoms with van der Waals surface area (Å²) in [5.74, 6) is -6.48. The number of hydrogen-bond acceptors (Lipinski definition) is 9. The third-order valence-electron chi connectivity index (χ3n) is 8.89. The van der Waals surface area contributed by atoms with Crippen LogP contribution in [0.5, 0.6) is 0 Å². The molecule has 2 aromatic carbocycles. The van der Waals surface area contributed by atoms with E-state index in [1.54, 1.807) is 0 Å². The summed E-state index contributed by atoms with van der Waals surface area (Å²) in [6.45, 7) is 8.46. The van der Waals surface area contributed by atoms with E-state index in [0.717, 1.165) is 72.3 Å². The van der Waals surface area contributed by atoms with Gasteiger partial charge in [-0.15, -0.1) is 5.10 Å². The lowest BCUT2D eigenvalue weighted by Crippen LogP contribution is -2.48. The molecule has 1 fully saturated rings. The lowest BCUT2D eigenvalue weighted by Gasteiger charge is -2.37. The van der Waals surface area contributed by atoms with Crippen LogP contribution in [-0.4, -0.2) is 66.6 Å². The third kappa shape index (κ3) is 7.31. The van der Waals surface area contributed by atoms with E-state index in [4.69, 9.17) is 0 Å². The van der Waals surface area contributed by atoms with Crippen molar-refractivity contribution in [2.75, 3.05) is 36.0 Å². The molecule has 10 nitrogen and oxygen atoms in total. The molecule has 1 saturated heterocycles. The van der Waals surface area contributed by atoms with Crippen LogP contribution in [0.4, 0.5) is 28.9 Å². The number of anilines is 2. The first-order valence-corrected chi connectivity index (χ1v) is 16.2.